The Kier molecular flexibility index (Phi) is 5.70. The fourth-order valence-corrected chi connectivity index (χ4v) is 6.87. The van der Waals surface area contributed by atoms with E-state index in [4.69, 9.17) is 10.0 Å². The molecule has 0 saturated heterocycles. The molecule has 0 bridgehead atoms. The Bertz CT molecular complexity index is 1140. The van der Waals surface area contributed by atoms with Gasteiger partial charge in [0, 0.05) is 21.5 Å². The number of amides is 1. The summed E-state index contributed by atoms with van der Waals surface area (Å²) in [4.78, 5) is 13.4. The lowest BCUT2D eigenvalue weighted by Gasteiger charge is -2.26. The van der Waals surface area contributed by atoms with Crippen molar-refractivity contribution in [2.24, 2.45) is 4.74 Å². The van der Waals surface area contributed by atoms with E-state index in [-0.39, 0.29) is 5.91 Å². The van der Waals surface area contributed by atoms with Crippen LogP contribution in [0.15, 0.2) is 120 Å². The maximum absolute atomic E-state index is 13.4. The van der Waals surface area contributed by atoms with Gasteiger partial charge in [0.25, 0.3) is 5.91 Å². The number of hydrogen-bond acceptors (Lipinski definition) is 2. The monoisotopic (exact) mass is 406 g/mol. The van der Waals surface area contributed by atoms with Crippen LogP contribution in [0.5, 0.6) is 0 Å². The highest BCUT2D eigenvalue weighted by Crippen LogP contribution is 2.46. The Morgan fingerprint density at radius 1 is 0.633 bits per heavy atom. The minimum Gasteiger partial charge on any atom is -0.267 e. The summed E-state index contributed by atoms with van der Waals surface area (Å²) in [6.07, 6.45) is 0. The number of carbonyl (C=O) groups excluding carboxylic acids is 1. The van der Waals surface area contributed by atoms with E-state index >= 15 is 0 Å². The lowest BCUT2D eigenvalue weighted by atomic mass is 10.1. The van der Waals surface area contributed by atoms with Crippen molar-refractivity contribution in [3.05, 3.63) is 126 Å². The Morgan fingerprint density at radius 2 is 1.03 bits per heavy atom. The highest BCUT2D eigenvalue weighted by molar-refractivity contribution is 7.87. The molecular formula is C26H19N2OP. The second-order valence-electron chi connectivity index (χ2n) is 6.74. The SMILES string of the molecule is N#Cc1ccc(C(=O)N=P(c2ccccc2)(c2ccccc2)c2ccccc2)cc1. The molecule has 0 heterocycles. The van der Waals surface area contributed by atoms with Gasteiger partial charge in [-0.2, -0.15) is 5.26 Å². The molecule has 0 unspecified atom stereocenters. The quantitative estimate of drug-likeness (QED) is 0.454. The Labute approximate surface area is 176 Å². The van der Waals surface area contributed by atoms with Gasteiger partial charge in [-0.1, -0.05) is 91.0 Å². The fourth-order valence-electron chi connectivity index (χ4n) is 3.43. The average molecular weight is 406 g/mol. The molecule has 4 heteroatoms. The smallest absolute Gasteiger partial charge is 0.267 e. The van der Waals surface area contributed by atoms with Gasteiger partial charge in [0.1, 0.15) is 0 Å². The first-order chi connectivity index (χ1) is 14.7. The van der Waals surface area contributed by atoms with Gasteiger partial charge in [-0.15, -0.1) is 0 Å². The molecule has 0 N–H and O–H groups in total. The molecule has 0 aliphatic heterocycles. The summed E-state index contributed by atoms with van der Waals surface area (Å²) in [5.41, 5.74) is 0.989. The van der Waals surface area contributed by atoms with Gasteiger partial charge in [0.05, 0.1) is 18.7 Å². The van der Waals surface area contributed by atoms with Crippen LogP contribution in [0.25, 0.3) is 0 Å². The fraction of sp³-hybridized carbons (Fsp3) is 0. The number of nitriles is 1. The molecule has 30 heavy (non-hydrogen) atoms. The van der Waals surface area contributed by atoms with Crippen molar-refractivity contribution >= 4 is 28.9 Å². The number of carbonyl (C=O) groups is 1. The normalized spacial score (nSPS) is 10.8. The first kappa shape index (κ1) is 19.6. The van der Waals surface area contributed by atoms with Crippen LogP contribution in [0.4, 0.5) is 0 Å². The summed E-state index contributed by atoms with van der Waals surface area (Å²) in [6, 6.07) is 38.8. The molecule has 0 aliphatic rings. The summed E-state index contributed by atoms with van der Waals surface area (Å²) in [5, 5.41) is 12.1. The van der Waals surface area contributed by atoms with Crippen LogP contribution in [0.1, 0.15) is 15.9 Å². The predicted octanol–water partition coefficient (Wildman–Crippen LogP) is 4.88. The zero-order valence-corrected chi connectivity index (χ0v) is 17.1. The van der Waals surface area contributed by atoms with Crippen LogP contribution in [-0.2, 0) is 0 Å². The average Bonchev–Trinajstić information content (AvgIpc) is 2.84. The molecule has 0 atom stereocenters. The minimum atomic E-state index is -2.58. The van der Waals surface area contributed by atoms with E-state index in [1.165, 1.54) is 0 Å². The van der Waals surface area contributed by atoms with Crippen molar-refractivity contribution in [3.8, 4) is 6.07 Å². The first-order valence-corrected chi connectivity index (χ1v) is 11.3. The standard InChI is InChI=1S/C26H19N2OP/c27-20-21-16-18-22(19-17-21)26(29)28-30(23-10-4-1-5-11-23,24-12-6-2-7-13-24)25-14-8-3-9-15-25/h1-19H. The van der Waals surface area contributed by atoms with Crippen molar-refractivity contribution in [1.82, 2.24) is 0 Å². The van der Waals surface area contributed by atoms with Crippen molar-refractivity contribution < 1.29 is 4.79 Å². The van der Waals surface area contributed by atoms with E-state index in [9.17, 15) is 4.79 Å². The molecule has 0 saturated carbocycles. The Morgan fingerprint density at radius 3 is 1.40 bits per heavy atom. The third-order valence-corrected chi connectivity index (χ3v) is 8.51. The topological polar surface area (TPSA) is 53.2 Å². The summed E-state index contributed by atoms with van der Waals surface area (Å²) in [7, 11) is -2.58. The van der Waals surface area contributed by atoms with Gasteiger partial charge < -0.3 is 0 Å². The molecule has 4 aromatic rings. The second kappa shape index (κ2) is 8.74. The molecule has 0 aliphatic carbocycles. The third kappa shape index (κ3) is 3.74. The first-order valence-electron chi connectivity index (χ1n) is 9.58. The zero-order chi connectivity index (χ0) is 20.8. The van der Waals surface area contributed by atoms with Crippen LogP contribution in [0.2, 0.25) is 0 Å². The van der Waals surface area contributed by atoms with E-state index in [1.807, 2.05) is 91.0 Å². The summed E-state index contributed by atoms with van der Waals surface area (Å²) >= 11 is 0. The molecule has 0 fully saturated rings. The van der Waals surface area contributed by atoms with E-state index in [1.54, 1.807) is 24.3 Å². The molecule has 1 amide bonds. The molecule has 0 radical (unpaired) electrons. The van der Waals surface area contributed by atoms with Gasteiger partial charge in [0.15, 0.2) is 0 Å². The highest BCUT2D eigenvalue weighted by atomic mass is 31.2. The van der Waals surface area contributed by atoms with Crippen LogP contribution in [-0.4, -0.2) is 5.91 Å². The summed E-state index contributed by atoms with van der Waals surface area (Å²) in [6.45, 7) is 0. The minimum absolute atomic E-state index is 0.288. The predicted molar refractivity (Wildman–Crippen MR) is 123 cm³/mol. The van der Waals surface area contributed by atoms with E-state index in [0.29, 0.717) is 11.1 Å². The second-order valence-corrected chi connectivity index (χ2v) is 9.76. The van der Waals surface area contributed by atoms with Crippen LogP contribution >= 0.6 is 7.05 Å². The third-order valence-electron chi connectivity index (χ3n) is 4.89. The Hall–Kier alpha value is -3.73. The van der Waals surface area contributed by atoms with Crippen LogP contribution in [0.3, 0.4) is 0 Å². The van der Waals surface area contributed by atoms with Crippen LogP contribution in [0, 0.1) is 11.3 Å². The zero-order valence-electron chi connectivity index (χ0n) is 16.2. The lowest BCUT2D eigenvalue weighted by molar-refractivity contribution is 0.100. The number of benzene rings is 4. The van der Waals surface area contributed by atoms with E-state index in [0.717, 1.165) is 15.9 Å². The molecule has 0 aromatic heterocycles. The van der Waals surface area contributed by atoms with Gasteiger partial charge in [-0.05, 0) is 24.3 Å². The summed E-state index contributed by atoms with van der Waals surface area (Å²) < 4.78 is 4.93. The van der Waals surface area contributed by atoms with E-state index in [2.05, 4.69) is 6.07 Å². The molecular weight excluding hydrogens is 387 g/mol. The molecule has 0 spiro atoms. The largest absolute Gasteiger partial charge is 0.276 e. The van der Waals surface area contributed by atoms with Crippen molar-refractivity contribution in [3.63, 3.8) is 0 Å². The van der Waals surface area contributed by atoms with E-state index < -0.39 is 7.05 Å². The van der Waals surface area contributed by atoms with Crippen molar-refractivity contribution in [1.29, 1.82) is 5.26 Å². The van der Waals surface area contributed by atoms with Crippen molar-refractivity contribution in [2.75, 3.05) is 0 Å². The number of nitrogens with zero attached hydrogens (tertiary/aromatic N) is 2. The number of rotatable bonds is 4. The lowest BCUT2D eigenvalue weighted by Crippen LogP contribution is -2.26. The maximum atomic E-state index is 13.4. The summed E-state index contributed by atoms with van der Waals surface area (Å²) in [5.74, 6) is -0.288. The maximum Gasteiger partial charge on any atom is 0.276 e. The van der Waals surface area contributed by atoms with Gasteiger partial charge in [-0.3, -0.25) is 4.79 Å². The van der Waals surface area contributed by atoms with Crippen molar-refractivity contribution in [2.45, 2.75) is 0 Å². The number of hydrogen-bond donors (Lipinski definition) is 0. The van der Waals surface area contributed by atoms with Gasteiger partial charge in [0.2, 0.25) is 0 Å². The van der Waals surface area contributed by atoms with Gasteiger partial charge in [-0.25, -0.2) is 4.74 Å². The highest BCUT2D eigenvalue weighted by Gasteiger charge is 2.28. The van der Waals surface area contributed by atoms with Crippen LogP contribution < -0.4 is 15.9 Å². The Balaban J connectivity index is 2.03. The molecule has 144 valence electrons. The molecule has 4 rings (SSSR count). The van der Waals surface area contributed by atoms with Gasteiger partial charge >= 0.3 is 0 Å². The molecule has 3 nitrogen and oxygen atoms in total. The molecule has 4 aromatic carbocycles.